The van der Waals surface area contributed by atoms with Gasteiger partial charge in [0.2, 0.25) is 5.91 Å². The molecule has 0 aromatic rings. The summed E-state index contributed by atoms with van der Waals surface area (Å²) in [5.74, 6) is -0.00983. The molecule has 0 bridgehead atoms. The number of hydrogen-bond donors (Lipinski definition) is 1. The molecule has 1 rings (SSSR count). The van der Waals surface area contributed by atoms with E-state index in [2.05, 4.69) is 10.1 Å². The summed E-state index contributed by atoms with van der Waals surface area (Å²) in [5, 5.41) is 2.68. The van der Waals surface area contributed by atoms with Gasteiger partial charge in [-0.05, 0) is 31.1 Å². The van der Waals surface area contributed by atoms with Crippen LogP contribution in [-0.2, 0) is 14.3 Å². The molecule has 0 radical (unpaired) electrons. The van der Waals surface area contributed by atoms with Crippen molar-refractivity contribution in [2.45, 2.75) is 39.5 Å². The summed E-state index contributed by atoms with van der Waals surface area (Å²) in [7, 11) is 1.31. The number of amides is 1. The molecule has 0 spiro atoms. The first-order valence-corrected chi connectivity index (χ1v) is 7.11. The Hall–Kier alpha value is -1.03. The van der Waals surface area contributed by atoms with E-state index in [0.29, 0.717) is 12.3 Å². The van der Waals surface area contributed by atoms with Gasteiger partial charge >= 0.3 is 5.97 Å². The van der Waals surface area contributed by atoms with Crippen molar-refractivity contribution in [2.24, 2.45) is 11.3 Å². The van der Waals surface area contributed by atoms with Gasteiger partial charge in [0.25, 0.3) is 0 Å². The third-order valence-electron chi connectivity index (χ3n) is 3.43. The zero-order valence-corrected chi connectivity index (χ0v) is 12.5. The van der Waals surface area contributed by atoms with Crippen molar-refractivity contribution in [3.63, 3.8) is 0 Å². The van der Waals surface area contributed by atoms with E-state index in [9.17, 15) is 9.59 Å². The van der Waals surface area contributed by atoms with Crippen molar-refractivity contribution < 1.29 is 14.3 Å². The number of unbranched alkanes of at least 4 members (excludes halogenated alkanes) is 2. The smallest absolute Gasteiger partial charge is 0.354 e. The fourth-order valence-electron chi connectivity index (χ4n) is 1.92. The van der Waals surface area contributed by atoms with Crippen LogP contribution in [0.3, 0.4) is 0 Å². The minimum absolute atomic E-state index is 0.0107. The minimum atomic E-state index is -0.502. The van der Waals surface area contributed by atoms with Gasteiger partial charge in [-0.15, -0.1) is 11.6 Å². The van der Waals surface area contributed by atoms with Crippen LogP contribution in [0.4, 0.5) is 0 Å². The van der Waals surface area contributed by atoms with Gasteiger partial charge in [-0.25, -0.2) is 4.79 Å². The van der Waals surface area contributed by atoms with Crippen LogP contribution in [0, 0.1) is 11.3 Å². The van der Waals surface area contributed by atoms with Gasteiger partial charge in [0.05, 0.1) is 7.11 Å². The predicted molar refractivity (Wildman–Crippen MR) is 74.7 cm³/mol. The van der Waals surface area contributed by atoms with E-state index in [0.717, 1.165) is 19.3 Å². The summed E-state index contributed by atoms with van der Waals surface area (Å²) in [6.45, 7) is 4.08. The lowest BCUT2D eigenvalue weighted by molar-refractivity contribution is -0.138. The monoisotopic (exact) mass is 287 g/mol. The van der Waals surface area contributed by atoms with Crippen molar-refractivity contribution in [1.82, 2.24) is 5.32 Å². The molecule has 1 N–H and O–H groups in total. The molecule has 1 aliphatic carbocycles. The molecule has 5 heteroatoms. The molecule has 0 aliphatic heterocycles. The van der Waals surface area contributed by atoms with E-state index in [-0.39, 0.29) is 22.9 Å². The highest BCUT2D eigenvalue weighted by atomic mass is 35.5. The van der Waals surface area contributed by atoms with Crippen LogP contribution in [-0.4, -0.2) is 24.9 Å². The Morgan fingerprint density at radius 2 is 2.05 bits per heavy atom. The van der Waals surface area contributed by atoms with Crippen LogP contribution >= 0.6 is 11.6 Å². The van der Waals surface area contributed by atoms with Crippen LogP contribution in [0.1, 0.15) is 39.5 Å². The van der Waals surface area contributed by atoms with Gasteiger partial charge in [0.15, 0.2) is 0 Å². The minimum Gasteiger partial charge on any atom is -0.464 e. The third kappa shape index (κ3) is 4.86. The van der Waals surface area contributed by atoms with Crippen molar-refractivity contribution >= 4 is 23.5 Å². The number of carbonyl (C=O) groups is 2. The summed E-state index contributed by atoms with van der Waals surface area (Å²) in [6, 6.07) is 0. The molecule has 1 fully saturated rings. The second kappa shape index (κ2) is 6.94. The zero-order valence-electron chi connectivity index (χ0n) is 11.8. The van der Waals surface area contributed by atoms with Gasteiger partial charge in [0.1, 0.15) is 5.70 Å². The number of esters is 1. The highest BCUT2D eigenvalue weighted by molar-refractivity contribution is 6.17. The lowest BCUT2D eigenvalue weighted by atomic mass is 10.1. The first kappa shape index (κ1) is 16.0. The van der Waals surface area contributed by atoms with Gasteiger partial charge in [-0.2, -0.15) is 0 Å². The third-order valence-corrected chi connectivity index (χ3v) is 3.70. The van der Waals surface area contributed by atoms with Crippen LogP contribution in [0.15, 0.2) is 11.8 Å². The van der Waals surface area contributed by atoms with Crippen molar-refractivity contribution in [2.75, 3.05) is 13.0 Å². The topological polar surface area (TPSA) is 55.4 Å². The fraction of sp³-hybridized carbons (Fsp3) is 0.714. The van der Waals surface area contributed by atoms with Gasteiger partial charge in [0, 0.05) is 11.8 Å². The highest BCUT2D eigenvalue weighted by Gasteiger charge is 2.50. The maximum absolute atomic E-state index is 12.0. The normalized spacial score (nSPS) is 20.8. The molecular weight excluding hydrogens is 266 g/mol. The number of nitrogens with one attached hydrogen (secondary N) is 1. The summed E-state index contributed by atoms with van der Waals surface area (Å²) in [4.78, 5) is 23.5. The standard InChI is InChI=1S/C14H22ClNO3/c1-14(2)9-10(14)12(17)16-11(13(18)19-3)7-5-4-6-8-15/h7,10H,4-6,8-9H2,1-3H3,(H,16,17)/b11-7+/t10-/m1/s1. The molecule has 1 aliphatic rings. The largest absolute Gasteiger partial charge is 0.464 e. The van der Waals surface area contributed by atoms with E-state index in [1.807, 2.05) is 13.8 Å². The maximum Gasteiger partial charge on any atom is 0.354 e. The number of hydrogen-bond acceptors (Lipinski definition) is 3. The zero-order chi connectivity index (χ0) is 14.5. The molecule has 1 atom stereocenters. The van der Waals surface area contributed by atoms with Gasteiger partial charge in [-0.3, -0.25) is 4.79 Å². The SMILES string of the molecule is COC(=O)/C(=C\CCCCCl)NC(=O)[C@H]1CC1(C)C. The van der Waals surface area contributed by atoms with Crippen LogP contribution in [0.5, 0.6) is 0 Å². The van der Waals surface area contributed by atoms with E-state index in [4.69, 9.17) is 11.6 Å². The molecule has 108 valence electrons. The number of ether oxygens (including phenoxy) is 1. The highest BCUT2D eigenvalue weighted by Crippen LogP contribution is 2.51. The average molecular weight is 288 g/mol. The van der Waals surface area contributed by atoms with Crippen LogP contribution < -0.4 is 5.32 Å². The van der Waals surface area contributed by atoms with Crippen molar-refractivity contribution in [3.05, 3.63) is 11.8 Å². The lowest BCUT2D eigenvalue weighted by Crippen LogP contribution is -2.30. The summed E-state index contributed by atoms with van der Waals surface area (Å²) in [5.41, 5.74) is 0.286. The molecule has 4 nitrogen and oxygen atoms in total. The Morgan fingerprint density at radius 3 is 2.53 bits per heavy atom. The first-order valence-electron chi connectivity index (χ1n) is 6.57. The average Bonchev–Trinajstić information content (AvgIpc) is 3.01. The maximum atomic E-state index is 12.0. The van der Waals surface area contributed by atoms with Gasteiger partial charge < -0.3 is 10.1 Å². The Labute approximate surface area is 119 Å². The van der Waals surface area contributed by atoms with Crippen molar-refractivity contribution in [1.29, 1.82) is 0 Å². The molecule has 0 saturated heterocycles. The summed E-state index contributed by atoms with van der Waals surface area (Å²) in [6.07, 6.45) is 5.04. The molecule has 1 saturated carbocycles. The first-order chi connectivity index (χ1) is 8.92. The van der Waals surface area contributed by atoms with Crippen LogP contribution in [0.25, 0.3) is 0 Å². The second-order valence-corrected chi connectivity index (χ2v) is 5.91. The number of alkyl halides is 1. The molecule has 0 heterocycles. The summed E-state index contributed by atoms with van der Waals surface area (Å²) >= 11 is 5.59. The molecule has 1 amide bonds. The van der Waals surface area contributed by atoms with E-state index in [1.54, 1.807) is 6.08 Å². The molecule has 0 aromatic carbocycles. The molecule has 19 heavy (non-hydrogen) atoms. The predicted octanol–water partition coefficient (Wildman–Crippen LogP) is 2.61. The number of rotatable bonds is 7. The van der Waals surface area contributed by atoms with Gasteiger partial charge in [-0.1, -0.05) is 19.9 Å². The van der Waals surface area contributed by atoms with E-state index >= 15 is 0 Å². The number of methoxy groups -OCH3 is 1. The number of carbonyl (C=O) groups excluding carboxylic acids is 2. The second-order valence-electron chi connectivity index (χ2n) is 5.53. The summed E-state index contributed by atoms with van der Waals surface area (Å²) < 4.78 is 4.67. The van der Waals surface area contributed by atoms with E-state index in [1.165, 1.54) is 7.11 Å². The lowest BCUT2D eigenvalue weighted by Gasteiger charge is -2.09. The molecule has 0 aromatic heterocycles. The Kier molecular flexibility index (Phi) is 5.85. The van der Waals surface area contributed by atoms with E-state index < -0.39 is 5.97 Å². The quantitative estimate of drug-likeness (QED) is 0.339. The fourth-order valence-corrected chi connectivity index (χ4v) is 2.10. The Bertz CT molecular complexity index is 377. The Morgan fingerprint density at radius 1 is 1.42 bits per heavy atom. The number of halogens is 1. The molecule has 0 unspecified atom stereocenters. The van der Waals surface area contributed by atoms with Crippen LogP contribution in [0.2, 0.25) is 0 Å². The Balaban J connectivity index is 2.55. The molecular formula is C14H22ClNO3. The van der Waals surface area contributed by atoms with Crippen molar-refractivity contribution in [3.8, 4) is 0 Å². The number of allylic oxidation sites excluding steroid dienone is 1.